The van der Waals surface area contributed by atoms with E-state index in [-0.39, 0.29) is 6.54 Å². The minimum Gasteiger partial charge on any atom is -0.399 e. The maximum absolute atomic E-state index is 12.1. The number of hydrogen-bond donors (Lipinski definition) is 1. The summed E-state index contributed by atoms with van der Waals surface area (Å²) in [6.07, 6.45) is -4.94. The fourth-order valence-corrected chi connectivity index (χ4v) is 1.45. The molecule has 0 radical (unpaired) electrons. The number of halogens is 3. The Morgan fingerprint density at radius 2 is 1.94 bits per heavy atom. The molecule has 0 aromatic heterocycles. The zero-order chi connectivity index (χ0) is 12.3. The molecule has 0 saturated heterocycles. The van der Waals surface area contributed by atoms with Gasteiger partial charge in [-0.05, 0) is 24.6 Å². The molecule has 0 amide bonds. The maximum Gasteiger partial charge on any atom is 0.390 e. The third-order valence-corrected chi connectivity index (χ3v) is 2.38. The van der Waals surface area contributed by atoms with Crippen LogP contribution in [0.1, 0.15) is 12.0 Å². The first-order valence-corrected chi connectivity index (χ1v) is 4.93. The number of nitrogen functional groups attached to an aromatic ring is 1. The lowest BCUT2D eigenvalue weighted by atomic mass is 10.1. The molecular formula is C11H15F3N2. The van der Waals surface area contributed by atoms with E-state index in [0.29, 0.717) is 5.69 Å². The summed E-state index contributed by atoms with van der Waals surface area (Å²) in [6, 6.07) is 5.22. The fraction of sp³-hybridized carbons (Fsp3) is 0.455. The van der Waals surface area contributed by atoms with Gasteiger partial charge in [0, 0.05) is 25.0 Å². The van der Waals surface area contributed by atoms with Crippen molar-refractivity contribution in [2.24, 2.45) is 0 Å². The van der Waals surface area contributed by atoms with Gasteiger partial charge in [0.2, 0.25) is 0 Å². The van der Waals surface area contributed by atoms with Gasteiger partial charge in [0.25, 0.3) is 0 Å². The predicted octanol–water partition coefficient (Wildman–Crippen LogP) is 2.97. The summed E-state index contributed by atoms with van der Waals surface area (Å²) in [5.41, 5.74) is 7.81. The number of anilines is 2. The van der Waals surface area contributed by atoms with Crippen molar-refractivity contribution in [1.82, 2.24) is 0 Å². The van der Waals surface area contributed by atoms with E-state index in [1.807, 2.05) is 6.92 Å². The molecular weight excluding hydrogens is 217 g/mol. The summed E-state index contributed by atoms with van der Waals surface area (Å²) in [5, 5.41) is 0. The average Bonchev–Trinajstić information content (AvgIpc) is 2.17. The SMILES string of the molecule is Cc1ccc(N)cc1N(C)CCC(F)(F)F. The first-order chi connectivity index (χ1) is 7.29. The van der Waals surface area contributed by atoms with E-state index in [1.165, 1.54) is 0 Å². The summed E-state index contributed by atoms with van der Waals surface area (Å²) in [4.78, 5) is 1.57. The third-order valence-electron chi connectivity index (χ3n) is 2.38. The van der Waals surface area contributed by atoms with Crippen LogP contribution in [0.25, 0.3) is 0 Å². The molecule has 2 N–H and O–H groups in total. The van der Waals surface area contributed by atoms with Crippen molar-refractivity contribution in [3.8, 4) is 0 Å². The molecule has 0 atom stereocenters. The molecule has 0 aliphatic rings. The Kier molecular flexibility index (Phi) is 3.67. The van der Waals surface area contributed by atoms with E-state index in [1.54, 1.807) is 30.1 Å². The average molecular weight is 232 g/mol. The van der Waals surface area contributed by atoms with E-state index in [2.05, 4.69) is 0 Å². The van der Waals surface area contributed by atoms with Crippen molar-refractivity contribution >= 4 is 11.4 Å². The summed E-state index contributed by atoms with van der Waals surface area (Å²) in [5.74, 6) is 0. The minimum absolute atomic E-state index is 0.0617. The molecule has 0 aliphatic carbocycles. The van der Waals surface area contributed by atoms with Crippen LogP contribution in [-0.2, 0) is 0 Å². The van der Waals surface area contributed by atoms with Crippen LogP contribution in [0, 0.1) is 6.92 Å². The standard InChI is InChI=1S/C11H15F3N2/c1-8-3-4-9(15)7-10(8)16(2)6-5-11(12,13)14/h3-4,7H,5-6,15H2,1-2H3. The number of hydrogen-bond acceptors (Lipinski definition) is 2. The van der Waals surface area contributed by atoms with Crippen molar-refractivity contribution in [2.45, 2.75) is 19.5 Å². The van der Waals surface area contributed by atoms with Crippen LogP contribution in [0.2, 0.25) is 0 Å². The van der Waals surface area contributed by atoms with Crippen LogP contribution in [0.4, 0.5) is 24.5 Å². The lowest BCUT2D eigenvalue weighted by molar-refractivity contribution is -0.132. The Labute approximate surface area is 92.9 Å². The molecule has 0 bridgehead atoms. The van der Waals surface area contributed by atoms with Crippen molar-refractivity contribution in [2.75, 3.05) is 24.2 Å². The number of alkyl halides is 3. The van der Waals surface area contributed by atoms with Gasteiger partial charge in [-0.1, -0.05) is 6.07 Å². The summed E-state index contributed by atoms with van der Waals surface area (Å²) >= 11 is 0. The molecule has 90 valence electrons. The summed E-state index contributed by atoms with van der Waals surface area (Å²) < 4.78 is 36.2. The highest BCUT2D eigenvalue weighted by Gasteiger charge is 2.27. The molecule has 0 fully saturated rings. The van der Waals surface area contributed by atoms with E-state index in [9.17, 15) is 13.2 Å². The van der Waals surface area contributed by atoms with Gasteiger partial charge in [-0.25, -0.2) is 0 Å². The lowest BCUT2D eigenvalue weighted by Crippen LogP contribution is -2.24. The Bertz CT molecular complexity index is 361. The van der Waals surface area contributed by atoms with Crippen LogP contribution in [0.5, 0.6) is 0 Å². The van der Waals surface area contributed by atoms with Crippen LogP contribution in [0.15, 0.2) is 18.2 Å². The summed E-state index contributed by atoms with van der Waals surface area (Å²) in [6.45, 7) is 1.78. The Morgan fingerprint density at radius 3 is 2.50 bits per heavy atom. The van der Waals surface area contributed by atoms with Crippen LogP contribution in [-0.4, -0.2) is 19.8 Å². The smallest absolute Gasteiger partial charge is 0.390 e. The second kappa shape index (κ2) is 4.63. The van der Waals surface area contributed by atoms with E-state index in [0.717, 1.165) is 11.3 Å². The highest BCUT2D eigenvalue weighted by atomic mass is 19.4. The molecule has 0 saturated carbocycles. The van der Waals surface area contributed by atoms with Crippen LogP contribution >= 0.6 is 0 Å². The summed E-state index contributed by atoms with van der Waals surface area (Å²) in [7, 11) is 1.63. The Balaban J connectivity index is 2.73. The van der Waals surface area contributed by atoms with Gasteiger partial charge >= 0.3 is 6.18 Å². The van der Waals surface area contributed by atoms with Gasteiger partial charge in [-0.15, -0.1) is 0 Å². The quantitative estimate of drug-likeness (QED) is 0.812. The molecule has 0 unspecified atom stereocenters. The molecule has 0 aliphatic heterocycles. The Hall–Kier alpha value is -1.39. The van der Waals surface area contributed by atoms with Gasteiger partial charge in [-0.3, -0.25) is 0 Å². The molecule has 1 rings (SSSR count). The van der Waals surface area contributed by atoms with Crippen LogP contribution < -0.4 is 10.6 Å². The van der Waals surface area contributed by atoms with Crippen molar-refractivity contribution in [3.63, 3.8) is 0 Å². The zero-order valence-corrected chi connectivity index (χ0v) is 9.30. The van der Waals surface area contributed by atoms with E-state index in [4.69, 9.17) is 5.73 Å². The van der Waals surface area contributed by atoms with Crippen molar-refractivity contribution < 1.29 is 13.2 Å². The molecule has 5 heteroatoms. The number of benzene rings is 1. The molecule has 1 aromatic rings. The molecule has 1 aromatic carbocycles. The van der Waals surface area contributed by atoms with Gasteiger partial charge in [-0.2, -0.15) is 13.2 Å². The Morgan fingerprint density at radius 1 is 1.31 bits per heavy atom. The normalized spacial score (nSPS) is 11.6. The second-order valence-electron chi connectivity index (χ2n) is 3.83. The van der Waals surface area contributed by atoms with Gasteiger partial charge in [0.1, 0.15) is 0 Å². The van der Waals surface area contributed by atoms with E-state index >= 15 is 0 Å². The fourth-order valence-electron chi connectivity index (χ4n) is 1.45. The first kappa shape index (κ1) is 12.7. The lowest BCUT2D eigenvalue weighted by Gasteiger charge is -2.22. The van der Waals surface area contributed by atoms with Gasteiger partial charge in [0.15, 0.2) is 0 Å². The van der Waals surface area contributed by atoms with Crippen LogP contribution in [0.3, 0.4) is 0 Å². The third kappa shape index (κ3) is 3.64. The molecule has 0 heterocycles. The van der Waals surface area contributed by atoms with Crippen molar-refractivity contribution in [1.29, 1.82) is 0 Å². The molecule has 16 heavy (non-hydrogen) atoms. The van der Waals surface area contributed by atoms with E-state index < -0.39 is 12.6 Å². The minimum atomic E-state index is -4.12. The highest BCUT2D eigenvalue weighted by Crippen LogP contribution is 2.25. The topological polar surface area (TPSA) is 29.3 Å². The maximum atomic E-state index is 12.1. The number of aryl methyl sites for hydroxylation is 1. The number of rotatable bonds is 3. The highest BCUT2D eigenvalue weighted by molar-refractivity contribution is 5.60. The van der Waals surface area contributed by atoms with Crippen molar-refractivity contribution in [3.05, 3.63) is 23.8 Å². The number of nitrogens with zero attached hydrogens (tertiary/aromatic N) is 1. The number of nitrogens with two attached hydrogens (primary N) is 1. The van der Waals surface area contributed by atoms with Gasteiger partial charge < -0.3 is 10.6 Å². The monoisotopic (exact) mass is 232 g/mol. The predicted molar refractivity (Wildman–Crippen MR) is 59.5 cm³/mol. The molecule has 0 spiro atoms. The molecule has 2 nitrogen and oxygen atoms in total. The zero-order valence-electron chi connectivity index (χ0n) is 9.30. The van der Waals surface area contributed by atoms with Gasteiger partial charge in [0.05, 0.1) is 6.42 Å². The second-order valence-corrected chi connectivity index (χ2v) is 3.83. The largest absolute Gasteiger partial charge is 0.399 e. The first-order valence-electron chi connectivity index (χ1n) is 4.93.